The van der Waals surface area contributed by atoms with Gasteiger partial charge in [0.15, 0.2) is 0 Å². The lowest BCUT2D eigenvalue weighted by Gasteiger charge is -2.29. The molecule has 3 fully saturated rings. The highest BCUT2D eigenvalue weighted by Crippen LogP contribution is 2.50. The fourth-order valence-corrected chi connectivity index (χ4v) is 4.45. The molecular formula is C17H26N4. The van der Waals surface area contributed by atoms with Crippen molar-refractivity contribution >= 4 is 11.6 Å². The van der Waals surface area contributed by atoms with Crippen LogP contribution in [-0.4, -0.2) is 16.0 Å². The number of nitrogens with zero attached hydrogens (tertiary/aromatic N) is 2. The minimum absolute atomic E-state index is 0.486. The van der Waals surface area contributed by atoms with Crippen LogP contribution in [-0.2, 0) is 0 Å². The van der Waals surface area contributed by atoms with Crippen LogP contribution < -0.4 is 11.1 Å². The molecule has 0 aliphatic heterocycles. The summed E-state index contributed by atoms with van der Waals surface area (Å²) < 4.78 is 0. The number of hydrogen-bond acceptors (Lipinski definition) is 4. The van der Waals surface area contributed by atoms with Crippen LogP contribution >= 0.6 is 0 Å². The Labute approximate surface area is 126 Å². The van der Waals surface area contributed by atoms with Gasteiger partial charge in [-0.1, -0.05) is 6.42 Å². The Hall–Kier alpha value is -1.32. The van der Waals surface area contributed by atoms with E-state index in [9.17, 15) is 0 Å². The molecule has 0 amide bonds. The summed E-state index contributed by atoms with van der Waals surface area (Å²) in [6.07, 6.45) is 8.16. The summed E-state index contributed by atoms with van der Waals surface area (Å²) in [5, 5.41) is 3.67. The summed E-state index contributed by atoms with van der Waals surface area (Å²) in [7, 11) is 0. The predicted octanol–water partition coefficient (Wildman–Crippen LogP) is 3.48. The van der Waals surface area contributed by atoms with Gasteiger partial charge in [0.2, 0.25) is 0 Å². The molecule has 1 heterocycles. The molecule has 0 spiro atoms. The molecule has 4 unspecified atom stereocenters. The molecule has 3 aliphatic rings. The lowest BCUT2D eigenvalue weighted by atomic mass is 9.84. The number of nitrogens with two attached hydrogens (primary N) is 1. The first-order valence-electron chi connectivity index (χ1n) is 8.52. The minimum atomic E-state index is 0.486. The summed E-state index contributed by atoms with van der Waals surface area (Å²) in [5.41, 5.74) is 7.09. The molecule has 2 bridgehead atoms. The normalized spacial score (nSPS) is 32.4. The second-order valence-corrected chi connectivity index (χ2v) is 7.49. The van der Waals surface area contributed by atoms with Gasteiger partial charge < -0.3 is 11.1 Å². The number of rotatable bonds is 4. The van der Waals surface area contributed by atoms with E-state index < -0.39 is 0 Å². The Balaban J connectivity index is 1.53. The van der Waals surface area contributed by atoms with Gasteiger partial charge in [-0.25, -0.2) is 9.97 Å². The number of hydrogen-bond donors (Lipinski definition) is 2. The molecule has 4 nitrogen and oxygen atoms in total. The zero-order chi connectivity index (χ0) is 14.6. The molecule has 4 atom stereocenters. The van der Waals surface area contributed by atoms with E-state index in [1.807, 2.05) is 6.92 Å². The Morgan fingerprint density at radius 3 is 2.57 bits per heavy atom. The Morgan fingerprint density at radius 1 is 1.14 bits per heavy atom. The van der Waals surface area contributed by atoms with Gasteiger partial charge in [0, 0.05) is 17.5 Å². The van der Waals surface area contributed by atoms with Crippen molar-refractivity contribution in [3.63, 3.8) is 0 Å². The summed E-state index contributed by atoms with van der Waals surface area (Å²) in [6, 6.07) is 0.486. The summed E-state index contributed by atoms with van der Waals surface area (Å²) in [4.78, 5) is 9.23. The van der Waals surface area contributed by atoms with Gasteiger partial charge >= 0.3 is 0 Å². The first-order chi connectivity index (χ1) is 10.1. The van der Waals surface area contributed by atoms with Gasteiger partial charge in [-0.2, -0.15) is 0 Å². The van der Waals surface area contributed by atoms with Gasteiger partial charge in [0.05, 0.1) is 0 Å². The van der Waals surface area contributed by atoms with E-state index in [4.69, 9.17) is 10.7 Å². The van der Waals surface area contributed by atoms with Gasteiger partial charge in [-0.3, -0.25) is 0 Å². The van der Waals surface area contributed by atoms with Gasteiger partial charge in [0.25, 0.3) is 0 Å². The SMILES string of the molecule is Cc1c(N)nc(C2CC2)nc1NC(C)C1CC2CCC1C2. The Bertz CT molecular complexity index is 552. The quantitative estimate of drug-likeness (QED) is 0.889. The first-order valence-corrected chi connectivity index (χ1v) is 8.52. The topological polar surface area (TPSA) is 63.8 Å². The first kappa shape index (κ1) is 13.4. The van der Waals surface area contributed by atoms with Crippen LogP contribution in [0.2, 0.25) is 0 Å². The second-order valence-electron chi connectivity index (χ2n) is 7.49. The van der Waals surface area contributed by atoms with E-state index >= 15 is 0 Å². The van der Waals surface area contributed by atoms with Crippen LogP contribution in [0.1, 0.15) is 62.8 Å². The van der Waals surface area contributed by atoms with Crippen LogP contribution in [0.3, 0.4) is 0 Å². The van der Waals surface area contributed by atoms with Crippen molar-refractivity contribution in [1.82, 2.24) is 9.97 Å². The Morgan fingerprint density at radius 2 is 1.95 bits per heavy atom. The molecule has 21 heavy (non-hydrogen) atoms. The maximum absolute atomic E-state index is 6.09. The monoisotopic (exact) mass is 286 g/mol. The fraction of sp³-hybridized carbons (Fsp3) is 0.765. The van der Waals surface area contributed by atoms with Crippen LogP contribution in [0.25, 0.3) is 0 Å². The molecule has 0 saturated heterocycles. The van der Waals surface area contributed by atoms with E-state index in [2.05, 4.69) is 17.2 Å². The number of aromatic nitrogens is 2. The predicted molar refractivity (Wildman–Crippen MR) is 85.2 cm³/mol. The third-order valence-corrected chi connectivity index (χ3v) is 5.94. The maximum atomic E-state index is 6.09. The third kappa shape index (κ3) is 2.39. The van der Waals surface area contributed by atoms with Crippen molar-refractivity contribution in [3.8, 4) is 0 Å². The minimum Gasteiger partial charge on any atom is -0.383 e. The van der Waals surface area contributed by atoms with Gasteiger partial charge in [0.1, 0.15) is 17.5 Å². The zero-order valence-electron chi connectivity index (χ0n) is 13.1. The highest BCUT2D eigenvalue weighted by Gasteiger charge is 2.42. The number of anilines is 2. The lowest BCUT2D eigenvalue weighted by Crippen LogP contribution is -2.31. The molecule has 0 aromatic carbocycles. The molecule has 114 valence electrons. The van der Waals surface area contributed by atoms with Crippen molar-refractivity contribution in [2.75, 3.05) is 11.1 Å². The number of nitrogen functional groups attached to an aromatic ring is 1. The standard InChI is InChI=1S/C17H26N4/c1-9-15(18)20-17(12-5-6-12)21-16(9)19-10(2)14-8-11-3-4-13(14)7-11/h10-14H,3-8H2,1-2H3,(H3,18,19,20,21). The van der Waals surface area contributed by atoms with E-state index in [1.165, 1.54) is 38.5 Å². The highest BCUT2D eigenvalue weighted by atomic mass is 15.1. The zero-order valence-corrected chi connectivity index (χ0v) is 13.1. The van der Waals surface area contributed by atoms with E-state index in [-0.39, 0.29) is 0 Å². The van der Waals surface area contributed by atoms with E-state index in [1.54, 1.807) is 0 Å². The molecule has 3 aliphatic carbocycles. The van der Waals surface area contributed by atoms with Crippen LogP contribution in [0.4, 0.5) is 11.6 Å². The van der Waals surface area contributed by atoms with Crippen molar-refractivity contribution < 1.29 is 0 Å². The van der Waals surface area contributed by atoms with Crippen LogP contribution in [0.5, 0.6) is 0 Å². The number of nitrogens with one attached hydrogen (secondary N) is 1. The van der Waals surface area contributed by atoms with Crippen molar-refractivity contribution in [3.05, 3.63) is 11.4 Å². The molecule has 3 saturated carbocycles. The number of fused-ring (bicyclic) bond motifs is 2. The average Bonchev–Trinajstić information content (AvgIpc) is 3.10. The fourth-order valence-electron chi connectivity index (χ4n) is 4.45. The lowest BCUT2D eigenvalue weighted by molar-refractivity contribution is 0.304. The molecule has 0 radical (unpaired) electrons. The molecular weight excluding hydrogens is 260 g/mol. The van der Waals surface area contributed by atoms with Gasteiger partial charge in [-0.05, 0) is 63.7 Å². The van der Waals surface area contributed by atoms with Crippen molar-refractivity contribution in [2.45, 2.75) is 64.3 Å². The second kappa shape index (κ2) is 4.85. The molecule has 3 N–H and O–H groups in total. The smallest absolute Gasteiger partial charge is 0.136 e. The Kier molecular flexibility index (Phi) is 3.09. The third-order valence-electron chi connectivity index (χ3n) is 5.94. The molecule has 4 heteroatoms. The summed E-state index contributed by atoms with van der Waals surface area (Å²) in [5.74, 6) is 5.84. The largest absolute Gasteiger partial charge is 0.383 e. The summed E-state index contributed by atoms with van der Waals surface area (Å²) >= 11 is 0. The molecule has 4 rings (SSSR count). The maximum Gasteiger partial charge on any atom is 0.136 e. The van der Waals surface area contributed by atoms with Crippen molar-refractivity contribution in [1.29, 1.82) is 0 Å². The van der Waals surface area contributed by atoms with E-state index in [0.29, 0.717) is 17.8 Å². The molecule has 1 aromatic rings. The van der Waals surface area contributed by atoms with Crippen LogP contribution in [0.15, 0.2) is 0 Å². The van der Waals surface area contributed by atoms with Crippen molar-refractivity contribution in [2.24, 2.45) is 17.8 Å². The van der Waals surface area contributed by atoms with E-state index in [0.717, 1.165) is 35.0 Å². The van der Waals surface area contributed by atoms with Crippen LogP contribution in [0, 0.1) is 24.7 Å². The highest BCUT2D eigenvalue weighted by molar-refractivity contribution is 5.55. The van der Waals surface area contributed by atoms with Gasteiger partial charge in [-0.15, -0.1) is 0 Å². The average molecular weight is 286 g/mol. The molecule has 1 aromatic heterocycles. The summed E-state index contributed by atoms with van der Waals surface area (Å²) in [6.45, 7) is 4.35.